The Morgan fingerprint density at radius 2 is 1.55 bits per heavy atom. The van der Waals surface area contributed by atoms with Crippen LogP contribution in [0.1, 0.15) is 56.6 Å². The lowest BCUT2D eigenvalue weighted by Gasteiger charge is -2.09. The quantitative estimate of drug-likeness (QED) is 0.480. The lowest BCUT2D eigenvalue weighted by molar-refractivity contribution is -0.154. The van der Waals surface area contributed by atoms with E-state index in [4.69, 9.17) is 10.2 Å². The SMILES string of the molecule is CCCCCCCCc1cccc(CC(C(=O)O)C(=O)O)c1. The Hall–Kier alpha value is -1.84. The molecule has 0 aliphatic rings. The van der Waals surface area contributed by atoms with Gasteiger partial charge in [0.1, 0.15) is 0 Å². The number of hydrogen-bond donors (Lipinski definition) is 2. The number of aliphatic carboxylic acids is 2. The minimum Gasteiger partial charge on any atom is -0.481 e. The van der Waals surface area contributed by atoms with Crippen molar-refractivity contribution in [1.29, 1.82) is 0 Å². The first-order valence-electron chi connectivity index (χ1n) is 8.08. The third-order valence-corrected chi connectivity index (χ3v) is 3.85. The minimum atomic E-state index is -1.37. The molecule has 0 radical (unpaired) electrons. The molecule has 122 valence electrons. The molecule has 4 heteroatoms. The molecule has 1 rings (SSSR count). The summed E-state index contributed by atoms with van der Waals surface area (Å²) in [6.07, 6.45) is 8.41. The molecule has 2 N–H and O–H groups in total. The molecule has 0 saturated heterocycles. The van der Waals surface area contributed by atoms with Crippen LogP contribution in [0.25, 0.3) is 0 Å². The molecule has 0 aliphatic heterocycles. The highest BCUT2D eigenvalue weighted by Gasteiger charge is 2.25. The van der Waals surface area contributed by atoms with Crippen LogP contribution < -0.4 is 0 Å². The van der Waals surface area contributed by atoms with Crippen molar-refractivity contribution >= 4 is 11.9 Å². The van der Waals surface area contributed by atoms with E-state index in [0.717, 1.165) is 24.0 Å². The fourth-order valence-corrected chi connectivity index (χ4v) is 2.54. The number of unbranched alkanes of at least 4 members (excludes halogenated alkanes) is 5. The molecule has 0 fully saturated rings. The highest BCUT2D eigenvalue weighted by molar-refractivity contribution is 5.93. The Labute approximate surface area is 132 Å². The second-order valence-electron chi connectivity index (χ2n) is 5.77. The Morgan fingerprint density at radius 3 is 2.18 bits per heavy atom. The van der Waals surface area contributed by atoms with Gasteiger partial charge in [0.05, 0.1) is 0 Å². The van der Waals surface area contributed by atoms with Crippen molar-refractivity contribution in [1.82, 2.24) is 0 Å². The first kappa shape index (κ1) is 18.2. The van der Waals surface area contributed by atoms with Crippen LogP contribution in [-0.2, 0) is 22.4 Å². The van der Waals surface area contributed by atoms with Crippen molar-refractivity contribution in [3.8, 4) is 0 Å². The zero-order chi connectivity index (χ0) is 16.4. The summed E-state index contributed by atoms with van der Waals surface area (Å²) < 4.78 is 0. The van der Waals surface area contributed by atoms with Crippen LogP contribution in [0, 0.1) is 5.92 Å². The number of carboxylic acid groups (broad SMARTS) is 2. The van der Waals surface area contributed by atoms with Crippen LogP contribution in [0.5, 0.6) is 0 Å². The third-order valence-electron chi connectivity index (χ3n) is 3.85. The third kappa shape index (κ3) is 6.74. The van der Waals surface area contributed by atoms with Crippen LogP contribution in [0.2, 0.25) is 0 Å². The maximum absolute atomic E-state index is 10.9. The summed E-state index contributed by atoms with van der Waals surface area (Å²) in [6, 6.07) is 7.63. The van der Waals surface area contributed by atoms with E-state index >= 15 is 0 Å². The first-order valence-corrected chi connectivity index (χ1v) is 8.08. The predicted octanol–water partition coefficient (Wildman–Crippen LogP) is 3.92. The van der Waals surface area contributed by atoms with E-state index in [1.165, 1.54) is 32.1 Å². The summed E-state index contributed by atoms with van der Waals surface area (Å²) in [6.45, 7) is 2.20. The van der Waals surface area contributed by atoms with Gasteiger partial charge in [0, 0.05) is 0 Å². The fourth-order valence-electron chi connectivity index (χ4n) is 2.54. The van der Waals surface area contributed by atoms with Gasteiger partial charge in [-0.15, -0.1) is 0 Å². The summed E-state index contributed by atoms with van der Waals surface area (Å²) in [5.74, 6) is -3.94. The van der Waals surface area contributed by atoms with Crippen LogP contribution >= 0.6 is 0 Å². The van der Waals surface area contributed by atoms with Crippen LogP contribution in [0.15, 0.2) is 24.3 Å². The number of aryl methyl sites for hydroxylation is 1. The van der Waals surface area contributed by atoms with E-state index in [-0.39, 0.29) is 6.42 Å². The van der Waals surface area contributed by atoms with Crippen LogP contribution in [0.3, 0.4) is 0 Å². The second-order valence-corrected chi connectivity index (χ2v) is 5.77. The van der Waals surface area contributed by atoms with Crippen LogP contribution in [0.4, 0.5) is 0 Å². The minimum absolute atomic E-state index is 0.0367. The Bertz CT molecular complexity index is 468. The molecule has 4 nitrogen and oxygen atoms in total. The van der Waals surface area contributed by atoms with Crippen molar-refractivity contribution in [2.45, 2.75) is 58.3 Å². The van der Waals surface area contributed by atoms with Gasteiger partial charge in [-0.25, -0.2) is 0 Å². The molecule has 0 bridgehead atoms. The maximum atomic E-state index is 10.9. The summed E-state index contributed by atoms with van der Waals surface area (Å²) in [4.78, 5) is 21.9. The predicted molar refractivity (Wildman–Crippen MR) is 86.0 cm³/mol. The largest absolute Gasteiger partial charge is 0.481 e. The Morgan fingerprint density at radius 1 is 0.955 bits per heavy atom. The van der Waals surface area contributed by atoms with Gasteiger partial charge in [0.2, 0.25) is 0 Å². The van der Waals surface area contributed by atoms with E-state index in [1.54, 1.807) is 6.07 Å². The molecule has 1 aromatic carbocycles. The number of rotatable bonds is 11. The molecular weight excluding hydrogens is 280 g/mol. The van der Waals surface area contributed by atoms with Gasteiger partial charge < -0.3 is 10.2 Å². The molecule has 22 heavy (non-hydrogen) atoms. The van der Waals surface area contributed by atoms with Gasteiger partial charge >= 0.3 is 11.9 Å². The molecule has 1 aromatic rings. The van der Waals surface area contributed by atoms with Crippen molar-refractivity contribution in [2.24, 2.45) is 5.92 Å². The molecule has 0 heterocycles. The molecule has 0 atom stereocenters. The van der Waals surface area contributed by atoms with E-state index in [2.05, 4.69) is 6.92 Å². The number of benzene rings is 1. The Kier molecular flexibility index (Phi) is 8.26. The van der Waals surface area contributed by atoms with Crippen molar-refractivity contribution in [3.05, 3.63) is 35.4 Å². The molecule has 0 aliphatic carbocycles. The van der Waals surface area contributed by atoms with Crippen molar-refractivity contribution < 1.29 is 19.8 Å². The van der Waals surface area contributed by atoms with Gasteiger partial charge in [-0.05, 0) is 30.4 Å². The summed E-state index contributed by atoms with van der Waals surface area (Å²) >= 11 is 0. The normalized spacial score (nSPS) is 10.8. The summed E-state index contributed by atoms with van der Waals surface area (Å²) in [7, 11) is 0. The number of carbonyl (C=O) groups is 2. The van der Waals surface area contributed by atoms with E-state index in [9.17, 15) is 9.59 Å². The van der Waals surface area contributed by atoms with Crippen molar-refractivity contribution in [2.75, 3.05) is 0 Å². The standard InChI is InChI=1S/C18H26O4/c1-2-3-4-5-6-7-9-14-10-8-11-15(12-14)13-16(17(19)20)18(21)22/h8,10-12,16H,2-7,9,13H2,1H3,(H,19,20)(H,21,22). The fraction of sp³-hybridized carbons (Fsp3) is 0.556. The topological polar surface area (TPSA) is 74.6 Å². The highest BCUT2D eigenvalue weighted by atomic mass is 16.4. The zero-order valence-corrected chi connectivity index (χ0v) is 13.3. The lowest BCUT2D eigenvalue weighted by Crippen LogP contribution is -2.25. The highest BCUT2D eigenvalue weighted by Crippen LogP contribution is 2.15. The lowest BCUT2D eigenvalue weighted by atomic mass is 9.96. The number of carboxylic acids is 2. The van der Waals surface area contributed by atoms with Crippen molar-refractivity contribution in [3.63, 3.8) is 0 Å². The van der Waals surface area contributed by atoms with E-state index in [1.807, 2.05) is 18.2 Å². The summed E-state index contributed by atoms with van der Waals surface area (Å²) in [5, 5.41) is 17.9. The molecule has 0 unspecified atom stereocenters. The van der Waals surface area contributed by atoms with Gasteiger partial charge in [0.15, 0.2) is 5.92 Å². The summed E-state index contributed by atoms with van der Waals surface area (Å²) in [5.41, 5.74) is 1.93. The van der Waals surface area contributed by atoms with Gasteiger partial charge in [-0.2, -0.15) is 0 Å². The second kappa shape index (κ2) is 9.98. The number of hydrogen-bond acceptors (Lipinski definition) is 2. The first-order chi connectivity index (χ1) is 10.5. The Balaban J connectivity index is 2.48. The maximum Gasteiger partial charge on any atom is 0.318 e. The van der Waals surface area contributed by atoms with Gasteiger partial charge in [-0.3, -0.25) is 9.59 Å². The molecule has 0 spiro atoms. The molecule has 0 amide bonds. The molecule has 0 saturated carbocycles. The smallest absolute Gasteiger partial charge is 0.318 e. The monoisotopic (exact) mass is 306 g/mol. The van der Waals surface area contributed by atoms with Gasteiger partial charge in [0.25, 0.3) is 0 Å². The van der Waals surface area contributed by atoms with Gasteiger partial charge in [-0.1, -0.05) is 63.3 Å². The zero-order valence-electron chi connectivity index (χ0n) is 13.3. The van der Waals surface area contributed by atoms with E-state index in [0.29, 0.717) is 0 Å². The average molecular weight is 306 g/mol. The van der Waals surface area contributed by atoms with E-state index < -0.39 is 17.9 Å². The molecular formula is C18H26O4. The molecule has 0 aromatic heterocycles. The van der Waals surface area contributed by atoms with Crippen LogP contribution in [-0.4, -0.2) is 22.2 Å². The average Bonchev–Trinajstić information content (AvgIpc) is 2.48.